The van der Waals surface area contributed by atoms with Crippen molar-refractivity contribution >= 4 is 34.4 Å². The van der Waals surface area contributed by atoms with Crippen molar-refractivity contribution in [1.82, 2.24) is 10.2 Å². The highest BCUT2D eigenvalue weighted by atomic mass is 127. The molecule has 236 valence electrons. The van der Waals surface area contributed by atoms with Crippen LogP contribution < -0.4 is 24.3 Å². The topological polar surface area (TPSA) is 147 Å². The molecule has 0 spiro atoms. The molecule has 0 aliphatic heterocycles. The number of rotatable bonds is 14. The number of methoxy groups -OCH3 is 3. The van der Waals surface area contributed by atoms with Crippen molar-refractivity contribution in [3.8, 4) is 23.0 Å². The molecule has 3 rings (SSSR count). The largest absolute Gasteiger partial charge is 0.497 e. The van der Waals surface area contributed by atoms with Crippen molar-refractivity contribution in [3.05, 3.63) is 56.7 Å². The normalized spacial score (nSPS) is 18.1. The Morgan fingerprint density at radius 2 is 1.79 bits per heavy atom. The summed E-state index contributed by atoms with van der Waals surface area (Å²) in [5, 5.41) is 33.3. The first-order valence-corrected chi connectivity index (χ1v) is 15.1. The lowest BCUT2D eigenvalue weighted by Crippen LogP contribution is -2.56. The Hall–Kier alpha value is -3.07. The monoisotopic (exact) mass is 712 g/mol. The molecule has 1 aliphatic carbocycles. The third-order valence-electron chi connectivity index (χ3n) is 7.23. The van der Waals surface area contributed by atoms with Gasteiger partial charge in [-0.05, 0) is 76.5 Å². The lowest BCUT2D eigenvalue weighted by atomic mass is 9.87. The Morgan fingerprint density at radius 1 is 1.07 bits per heavy atom. The van der Waals surface area contributed by atoms with Crippen LogP contribution in [0.1, 0.15) is 31.4 Å². The predicted octanol–water partition coefficient (Wildman–Crippen LogP) is 2.45. The molecule has 12 heteroatoms. The van der Waals surface area contributed by atoms with Crippen LogP contribution in [0.4, 0.5) is 0 Å². The summed E-state index contributed by atoms with van der Waals surface area (Å²) in [5.41, 5.74) is 1.76. The van der Waals surface area contributed by atoms with Gasteiger partial charge in [0.15, 0.2) is 11.5 Å². The Bertz CT molecular complexity index is 1300. The van der Waals surface area contributed by atoms with E-state index < -0.39 is 24.2 Å². The second-order valence-electron chi connectivity index (χ2n) is 10.4. The molecule has 1 aliphatic rings. The van der Waals surface area contributed by atoms with Crippen LogP contribution in [0.2, 0.25) is 0 Å². The van der Waals surface area contributed by atoms with Crippen LogP contribution >= 0.6 is 22.6 Å². The second-order valence-corrected chi connectivity index (χ2v) is 11.6. The molecule has 0 aromatic heterocycles. The number of aliphatic hydroxyl groups excluding tert-OH is 3. The molecule has 0 fully saturated rings. The van der Waals surface area contributed by atoms with E-state index in [2.05, 4.69) is 27.9 Å². The molecule has 4 N–H and O–H groups in total. The first-order valence-electron chi connectivity index (χ1n) is 14.0. The van der Waals surface area contributed by atoms with Gasteiger partial charge >= 0.3 is 0 Å². The molecule has 0 heterocycles. The number of benzene rings is 2. The molecule has 2 amide bonds. The van der Waals surface area contributed by atoms with E-state index in [9.17, 15) is 24.9 Å². The summed E-state index contributed by atoms with van der Waals surface area (Å²) >= 11 is 2.06. The fraction of sp³-hybridized carbons (Fsp3) is 0.484. The van der Waals surface area contributed by atoms with E-state index in [4.69, 9.17) is 18.9 Å². The third-order valence-corrected chi connectivity index (χ3v) is 8.03. The number of ether oxygens (including phenoxy) is 4. The zero-order valence-corrected chi connectivity index (χ0v) is 27.3. The smallest absolute Gasteiger partial charge is 0.247 e. The third kappa shape index (κ3) is 8.52. The van der Waals surface area contributed by atoms with Gasteiger partial charge in [-0.25, -0.2) is 0 Å². The maximum absolute atomic E-state index is 13.6. The summed E-state index contributed by atoms with van der Waals surface area (Å²) in [5.74, 6) is 0.961. The fourth-order valence-corrected chi connectivity index (χ4v) is 5.78. The number of carbonyl (C=O) groups is 2. The van der Waals surface area contributed by atoms with E-state index in [1.807, 2.05) is 6.07 Å². The molecule has 0 radical (unpaired) electrons. The van der Waals surface area contributed by atoms with Crippen molar-refractivity contribution in [2.24, 2.45) is 5.92 Å². The molecule has 0 bridgehead atoms. The van der Waals surface area contributed by atoms with Gasteiger partial charge in [0.05, 0.1) is 44.2 Å². The van der Waals surface area contributed by atoms with Crippen LogP contribution in [0.15, 0.2) is 42.0 Å². The lowest BCUT2D eigenvalue weighted by molar-refractivity contribution is -0.141. The minimum absolute atomic E-state index is 0.0491. The van der Waals surface area contributed by atoms with E-state index in [0.717, 1.165) is 5.56 Å². The van der Waals surface area contributed by atoms with Crippen LogP contribution in [0.3, 0.4) is 0 Å². The van der Waals surface area contributed by atoms with Crippen LogP contribution in [0.5, 0.6) is 23.0 Å². The summed E-state index contributed by atoms with van der Waals surface area (Å²) in [6, 6.07) is 8.00. The number of aliphatic hydroxyl groups is 3. The van der Waals surface area contributed by atoms with Crippen LogP contribution in [0.25, 0.3) is 0 Å². The highest BCUT2D eigenvalue weighted by Crippen LogP contribution is 2.37. The summed E-state index contributed by atoms with van der Waals surface area (Å²) in [6.07, 6.45) is -0.208. The maximum atomic E-state index is 13.6. The number of carbonyl (C=O) groups excluding carboxylic acids is 2. The van der Waals surface area contributed by atoms with E-state index in [-0.39, 0.29) is 44.5 Å². The number of nitrogens with one attached hydrogen (secondary N) is 1. The van der Waals surface area contributed by atoms with Gasteiger partial charge in [0.25, 0.3) is 0 Å². The molecule has 43 heavy (non-hydrogen) atoms. The van der Waals surface area contributed by atoms with E-state index >= 15 is 0 Å². The number of halogens is 1. The average Bonchev–Trinajstić information content (AvgIpc) is 3.01. The van der Waals surface area contributed by atoms with Crippen molar-refractivity contribution in [2.45, 2.75) is 51.5 Å². The Balaban J connectivity index is 2.03. The zero-order valence-electron chi connectivity index (χ0n) is 25.1. The van der Waals surface area contributed by atoms with Gasteiger partial charge in [-0.2, -0.15) is 0 Å². The molecular formula is C31H41IN2O9. The number of hydrogen-bond acceptors (Lipinski definition) is 9. The highest BCUT2D eigenvalue weighted by Gasteiger charge is 2.41. The molecule has 0 saturated carbocycles. The number of amides is 2. The zero-order chi connectivity index (χ0) is 31.7. The SMILES string of the molecule is COc1ccc(OC)c(CCN(C(=O)C(C)C)[C@@H]2CC(C(=O)NCCO)=C[C@H](Oc3c(I)cc(CO)cc3OC)[C@H]2O)c1. The van der Waals surface area contributed by atoms with Crippen LogP contribution in [0, 0.1) is 9.49 Å². The van der Waals surface area contributed by atoms with Gasteiger partial charge in [-0.3, -0.25) is 9.59 Å². The molecule has 0 saturated heterocycles. The van der Waals surface area contributed by atoms with Crippen LogP contribution in [-0.2, 0) is 22.6 Å². The van der Waals surface area contributed by atoms with E-state index in [1.54, 1.807) is 63.3 Å². The Kier molecular flexibility index (Phi) is 12.9. The standard InChI is InChI=1S/C31H41IN2O9/c1-18(2)31(39)34(10-8-20-14-22(40-3)6-7-25(20)41-4)24-15-21(30(38)33-9-11-35)16-26(28(24)37)43-29-23(32)12-19(17-36)13-27(29)42-5/h6-7,12-14,16,18,24,26,28,35-37H,8-11,15,17H2,1-5H3,(H,33,38)/t24-,26+,28+/m1/s1. The Labute approximate surface area is 265 Å². The summed E-state index contributed by atoms with van der Waals surface area (Å²) in [4.78, 5) is 28.4. The van der Waals surface area contributed by atoms with Gasteiger partial charge < -0.3 is 44.5 Å². The minimum Gasteiger partial charge on any atom is -0.497 e. The molecule has 0 unspecified atom stereocenters. The molecule has 11 nitrogen and oxygen atoms in total. The number of hydrogen-bond donors (Lipinski definition) is 4. The van der Waals surface area contributed by atoms with Crippen LogP contribution in [-0.4, -0.2) is 91.3 Å². The maximum Gasteiger partial charge on any atom is 0.247 e. The lowest BCUT2D eigenvalue weighted by Gasteiger charge is -2.41. The average molecular weight is 713 g/mol. The van der Waals surface area contributed by atoms with Crippen molar-refractivity contribution in [3.63, 3.8) is 0 Å². The molecular weight excluding hydrogens is 671 g/mol. The molecule has 3 atom stereocenters. The quantitative estimate of drug-likeness (QED) is 0.217. The van der Waals surface area contributed by atoms with Crippen molar-refractivity contribution in [2.75, 3.05) is 41.0 Å². The number of nitrogens with zero attached hydrogens (tertiary/aromatic N) is 1. The summed E-state index contributed by atoms with van der Waals surface area (Å²) < 4.78 is 23.4. The van der Waals surface area contributed by atoms with E-state index in [0.29, 0.717) is 44.1 Å². The first-order chi connectivity index (χ1) is 20.6. The van der Waals surface area contributed by atoms with Crippen molar-refractivity contribution < 1.29 is 43.9 Å². The van der Waals surface area contributed by atoms with Gasteiger partial charge in [0, 0.05) is 31.0 Å². The van der Waals surface area contributed by atoms with Gasteiger partial charge in [0.2, 0.25) is 11.8 Å². The first kappa shape index (κ1) is 34.4. The van der Waals surface area contributed by atoms with Gasteiger partial charge in [-0.15, -0.1) is 0 Å². The minimum atomic E-state index is -1.21. The second kappa shape index (κ2) is 16.1. The predicted molar refractivity (Wildman–Crippen MR) is 168 cm³/mol. The molecule has 2 aromatic carbocycles. The van der Waals surface area contributed by atoms with Gasteiger partial charge in [0.1, 0.15) is 23.7 Å². The van der Waals surface area contributed by atoms with E-state index in [1.165, 1.54) is 7.11 Å². The van der Waals surface area contributed by atoms with Crippen molar-refractivity contribution in [1.29, 1.82) is 0 Å². The summed E-state index contributed by atoms with van der Waals surface area (Å²) in [6.45, 7) is 3.41. The highest BCUT2D eigenvalue weighted by molar-refractivity contribution is 14.1. The molecule has 2 aromatic rings. The fourth-order valence-electron chi connectivity index (χ4n) is 4.98. The summed E-state index contributed by atoms with van der Waals surface area (Å²) in [7, 11) is 4.61. The Morgan fingerprint density at radius 3 is 2.40 bits per heavy atom. The van der Waals surface area contributed by atoms with Gasteiger partial charge in [-0.1, -0.05) is 13.8 Å².